The molecule has 0 spiro atoms. The number of nitrogens with one attached hydrogen (secondary N) is 1. The van der Waals surface area contributed by atoms with E-state index in [1.165, 1.54) is 4.90 Å². The zero-order chi connectivity index (χ0) is 18.7. The Labute approximate surface area is 178 Å². The molecular formula is C16H25N5O4Y-2. The number of amides is 3. The predicted octanol–water partition coefficient (Wildman–Crippen LogP) is -0.0187. The van der Waals surface area contributed by atoms with Crippen LogP contribution in [-0.2, 0) is 42.3 Å². The minimum absolute atomic E-state index is 0. The number of carboxylic acids is 1. The molecule has 2 saturated heterocycles. The molecule has 4 N–H and O–H groups in total. The van der Waals surface area contributed by atoms with Crippen LogP contribution < -0.4 is 5.73 Å². The van der Waals surface area contributed by atoms with Crippen molar-refractivity contribution in [3.63, 3.8) is 0 Å². The minimum atomic E-state index is -1.19. The van der Waals surface area contributed by atoms with Gasteiger partial charge in [-0.25, -0.2) is 14.5 Å². The number of imide groups is 1. The van der Waals surface area contributed by atoms with Crippen LogP contribution in [0.4, 0.5) is 4.79 Å². The van der Waals surface area contributed by atoms with E-state index in [-0.39, 0.29) is 57.7 Å². The van der Waals surface area contributed by atoms with Gasteiger partial charge in [-0.15, -0.1) is 13.1 Å². The van der Waals surface area contributed by atoms with Crippen LogP contribution in [-0.4, -0.2) is 75.9 Å². The zero-order valence-corrected chi connectivity index (χ0v) is 17.6. The van der Waals surface area contributed by atoms with Gasteiger partial charge >= 0.3 is 12.0 Å². The number of nitrogens with two attached hydrogens (primary N) is 1. The number of urea groups is 1. The Morgan fingerprint density at radius 3 is 2.46 bits per heavy atom. The average molecular weight is 440 g/mol. The maximum absolute atomic E-state index is 12.4. The van der Waals surface area contributed by atoms with Gasteiger partial charge in [0.2, 0.25) is 5.91 Å². The second kappa shape index (κ2) is 9.64. The van der Waals surface area contributed by atoms with Crippen molar-refractivity contribution in [2.24, 2.45) is 17.6 Å². The second-order valence-corrected chi connectivity index (χ2v) is 6.44. The van der Waals surface area contributed by atoms with Gasteiger partial charge in [-0.05, 0) is 25.2 Å². The normalized spacial score (nSPS) is 25.2. The summed E-state index contributed by atoms with van der Waals surface area (Å²) in [5.41, 5.74) is 5.51. The van der Waals surface area contributed by atoms with Crippen LogP contribution in [0.3, 0.4) is 0 Å². The molecule has 0 bridgehead atoms. The third kappa shape index (κ3) is 4.54. The summed E-state index contributed by atoms with van der Waals surface area (Å²) in [5, 5.41) is 17.0. The van der Waals surface area contributed by atoms with Crippen LogP contribution in [0.5, 0.6) is 0 Å². The first-order chi connectivity index (χ1) is 11.8. The molecule has 0 aromatic heterocycles. The van der Waals surface area contributed by atoms with E-state index in [9.17, 15) is 19.5 Å². The first kappa shape index (κ1) is 22.8. The molecule has 0 aliphatic carbocycles. The van der Waals surface area contributed by atoms with Crippen molar-refractivity contribution in [1.29, 1.82) is 5.41 Å². The van der Waals surface area contributed by atoms with E-state index in [4.69, 9.17) is 11.1 Å². The molecule has 2 heterocycles. The molecule has 0 aromatic carbocycles. The van der Waals surface area contributed by atoms with Gasteiger partial charge in [0.25, 0.3) is 0 Å². The number of guanidine groups is 1. The molecule has 2 aliphatic heterocycles. The van der Waals surface area contributed by atoms with Crippen molar-refractivity contribution < 1.29 is 52.2 Å². The number of rotatable bonds is 5. The summed E-state index contributed by atoms with van der Waals surface area (Å²) in [6.07, 6.45) is 2.05. The maximum Gasteiger partial charge on any atom is 0.327 e. The monoisotopic (exact) mass is 440 g/mol. The molecule has 3 atom stereocenters. The zero-order valence-electron chi connectivity index (χ0n) is 14.8. The van der Waals surface area contributed by atoms with Crippen molar-refractivity contribution >= 4 is 23.9 Å². The molecule has 2 fully saturated rings. The Morgan fingerprint density at radius 2 is 1.96 bits per heavy atom. The summed E-state index contributed by atoms with van der Waals surface area (Å²) in [4.78, 5) is 40.1. The average Bonchev–Trinajstić information content (AvgIpc) is 2.57. The van der Waals surface area contributed by atoms with Gasteiger partial charge < -0.3 is 34.5 Å². The van der Waals surface area contributed by atoms with Crippen molar-refractivity contribution in [3.05, 3.63) is 13.8 Å². The third-order valence-corrected chi connectivity index (χ3v) is 4.93. The quantitative estimate of drug-likeness (QED) is 0.238. The molecule has 26 heavy (non-hydrogen) atoms. The summed E-state index contributed by atoms with van der Waals surface area (Å²) < 4.78 is 0. The van der Waals surface area contributed by atoms with Crippen molar-refractivity contribution in [2.45, 2.75) is 25.3 Å². The summed E-state index contributed by atoms with van der Waals surface area (Å²) in [7, 11) is 0. The van der Waals surface area contributed by atoms with Gasteiger partial charge in [-0.1, -0.05) is 0 Å². The maximum atomic E-state index is 12.4. The van der Waals surface area contributed by atoms with E-state index in [2.05, 4.69) is 13.8 Å². The molecule has 0 saturated carbocycles. The molecule has 1 radical (unpaired) electrons. The van der Waals surface area contributed by atoms with E-state index in [1.807, 2.05) is 0 Å². The number of likely N-dealkylation sites (tertiary alicyclic amines) is 2. The van der Waals surface area contributed by atoms with Crippen LogP contribution in [0.1, 0.15) is 19.3 Å². The molecule has 143 valence electrons. The fourth-order valence-corrected chi connectivity index (χ4v) is 3.56. The Hall–Kier alpha value is -1.22. The summed E-state index contributed by atoms with van der Waals surface area (Å²) in [6, 6.07) is -1.82. The Bertz CT molecular complexity index is 569. The SMILES string of the molecule is [CH2-]CN(C[CH2-])C(=O)N1C(=O)[C@H](CC2CCCN(C(=N)N)C2)C1C(=O)O.[Y]. The Balaban J connectivity index is 0.00000338. The van der Waals surface area contributed by atoms with Crippen LogP contribution in [0, 0.1) is 31.1 Å². The van der Waals surface area contributed by atoms with Gasteiger partial charge in [0.1, 0.15) is 0 Å². The minimum Gasteiger partial charge on any atom is -0.480 e. The molecule has 2 aliphatic rings. The number of hydrogen-bond donors (Lipinski definition) is 3. The third-order valence-electron chi connectivity index (χ3n) is 4.93. The van der Waals surface area contributed by atoms with E-state index >= 15 is 0 Å². The fourth-order valence-electron chi connectivity index (χ4n) is 3.56. The Morgan fingerprint density at radius 1 is 1.35 bits per heavy atom. The van der Waals surface area contributed by atoms with E-state index in [1.54, 1.807) is 4.90 Å². The van der Waals surface area contributed by atoms with Gasteiger partial charge in [0, 0.05) is 45.8 Å². The first-order valence-corrected chi connectivity index (χ1v) is 8.34. The van der Waals surface area contributed by atoms with Crippen molar-refractivity contribution in [1.82, 2.24) is 14.7 Å². The predicted molar refractivity (Wildman–Crippen MR) is 90.3 cm³/mol. The van der Waals surface area contributed by atoms with Gasteiger partial charge in [0.05, 0.1) is 5.92 Å². The number of piperidine rings is 1. The number of nitrogens with zero attached hydrogens (tertiary/aromatic N) is 3. The Kier molecular flexibility index (Phi) is 8.46. The molecule has 10 heteroatoms. The number of carboxylic acid groups (broad SMARTS) is 1. The number of aliphatic carboxylic acids is 1. The van der Waals surface area contributed by atoms with Crippen molar-refractivity contribution in [3.8, 4) is 0 Å². The molecule has 2 unspecified atom stereocenters. The first-order valence-electron chi connectivity index (χ1n) is 8.34. The summed E-state index contributed by atoms with van der Waals surface area (Å²) in [5.74, 6) is -2.33. The summed E-state index contributed by atoms with van der Waals surface area (Å²) in [6.45, 7) is 8.63. The second-order valence-electron chi connectivity index (χ2n) is 6.44. The van der Waals surface area contributed by atoms with Crippen LogP contribution in [0.2, 0.25) is 0 Å². The van der Waals surface area contributed by atoms with E-state index < -0.39 is 29.9 Å². The van der Waals surface area contributed by atoms with Crippen molar-refractivity contribution in [2.75, 3.05) is 26.2 Å². The standard InChI is InChI=1S/C16H25N5O4.Y/c1-3-19(4-2)16(25)21-12(14(23)24)11(13(21)22)8-10-6-5-7-20(9-10)15(17)18;/h10-12H,1-9H2,(H3,17,18)(H,23,24);/q-2;/t10?,11-,12?;/m1./s1. The molecule has 0 aromatic rings. The van der Waals surface area contributed by atoms with Gasteiger partial charge in [-0.3, -0.25) is 10.2 Å². The fraction of sp³-hybridized carbons (Fsp3) is 0.625. The van der Waals surface area contributed by atoms with Crippen LogP contribution >= 0.6 is 0 Å². The molecule has 9 nitrogen and oxygen atoms in total. The smallest absolute Gasteiger partial charge is 0.327 e. The largest absolute Gasteiger partial charge is 0.480 e. The van der Waals surface area contributed by atoms with Gasteiger partial charge in [-0.2, -0.15) is 0 Å². The number of β-lactam (4-membered cyclic amide) rings is 1. The molecule has 2 rings (SSSR count). The van der Waals surface area contributed by atoms with Gasteiger partial charge in [0.15, 0.2) is 12.0 Å². The van der Waals surface area contributed by atoms with Crippen LogP contribution in [0.15, 0.2) is 0 Å². The number of carbonyl (C=O) groups excluding carboxylic acids is 2. The molecular weight excluding hydrogens is 415 g/mol. The van der Waals surface area contributed by atoms with Crippen LogP contribution in [0.25, 0.3) is 0 Å². The number of hydrogen-bond acceptors (Lipinski definition) is 4. The number of carbonyl (C=O) groups is 3. The molecule has 3 amide bonds. The summed E-state index contributed by atoms with van der Waals surface area (Å²) >= 11 is 0. The van der Waals surface area contributed by atoms with E-state index in [0.717, 1.165) is 17.7 Å². The topological polar surface area (TPSA) is 131 Å². The van der Waals surface area contributed by atoms with E-state index in [0.29, 0.717) is 19.5 Å².